The van der Waals surface area contributed by atoms with Gasteiger partial charge in [-0.2, -0.15) is 0 Å². The summed E-state index contributed by atoms with van der Waals surface area (Å²) in [6, 6.07) is 18.0. The number of nitrogens with zero attached hydrogens (tertiary/aromatic N) is 2. The van der Waals surface area contributed by atoms with E-state index in [1.807, 2.05) is 0 Å². The number of benzene rings is 4. The van der Waals surface area contributed by atoms with Crippen LogP contribution in [0.3, 0.4) is 0 Å². The monoisotopic (exact) mass is 416 g/mol. The van der Waals surface area contributed by atoms with Crippen LogP contribution in [0.2, 0.25) is 0 Å². The fourth-order valence-corrected chi connectivity index (χ4v) is 3.44. The molecule has 0 N–H and O–H groups in total. The predicted molar refractivity (Wildman–Crippen MR) is 111 cm³/mol. The van der Waals surface area contributed by atoms with Crippen LogP contribution in [0.1, 0.15) is 20.7 Å². The van der Waals surface area contributed by atoms with Crippen LogP contribution in [0.5, 0.6) is 0 Å². The number of esters is 2. The summed E-state index contributed by atoms with van der Waals surface area (Å²) < 4.78 is 4.93. The van der Waals surface area contributed by atoms with E-state index in [4.69, 9.17) is 4.74 Å². The van der Waals surface area contributed by atoms with E-state index in [-0.39, 0.29) is 10.8 Å². The number of nitro groups is 2. The molecular formula is C22H12N2O7. The van der Waals surface area contributed by atoms with Crippen molar-refractivity contribution >= 4 is 44.9 Å². The molecule has 4 rings (SSSR count). The first-order valence-corrected chi connectivity index (χ1v) is 8.97. The average molecular weight is 416 g/mol. The molecule has 0 saturated heterocycles. The van der Waals surface area contributed by atoms with E-state index in [9.17, 15) is 29.8 Å². The number of nitro benzene ring substituents is 2. The number of fused-ring (bicyclic) bond motifs is 2. The van der Waals surface area contributed by atoms with E-state index in [2.05, 4.69) is 0 Å². The van der Waals surface area contributed by atoms with Gasteiger partial charge in [0.2, 0.25) is 0 Å². The van der Waals surface area contributed by atoms with Gasteiger partial charge in [-0.25, -0.2) is 9.59 Å². The van der Waals surface area contributed by atoms with Crippen LogP contribution in [0.4, 0.5) is 11.4 Å². The predicted octanol–water partition coefficient (Wildman–Crippen LogP) is 4.81. The molecule has 0 spiro atoms. The lowest BCUT2D eigenvalue weighted by Crippen LogP contribution is -2.16. The minimum absolute atomic E-state index is 0.224. The quantitative estimate of drug-likeness (QED) is 0.202. The summed E-state index contributed by atoms with van der Waals surface area (Å²) >= 11 is 0. The lowest BCUT2D eigenvalue weighted by atomic mass is 10.0. The highest BCUT2D eigenvalue weighted by molar-refractivity contribution is 6.16. The summed E-state index contributed by atoms with van der Waals surface area (Å²) in [5.74, 6) is -2.54. The van der Waals surface area contributed by atoms with Crippen LogP contribution in [0.15, 0.2) is 72.8 Å². The molecule has 4 aromatic carbocycles. The van der Waals surface area contributed by atoms with Crippen molar-refractivity contribution in [2.24, 2.45) is 0 Å². The zero-order valence-corrected chi connectivity index (χ0v) is 15.7. The first kappa shape index (κ1) is 19.6. The molecule has 0 aliphatic carbocycles. The highest BCUT2D eigenvalue weighted by Crippen LogP contribution is 2.31. The number of hydrogen-bond acceptors (Lipinski definition) is 7. The lowest BCUT2D eigenvalue weighted by molar-refractivity contribution is -0.385. The van der Waals surface area contributed by atoms with Gasteiger partial charge in [-0.05, 0) is 22.9 Å². The first-order valence-electron chi connectivity index (χ1n) is 8.97. The van der Waals surface area contributed by atoms with Crippen molar-refractivity contribution in [2.75, 3.05) is 0 Å². The molecule has 152 valence electrons. The number of hydrogen-bond donors (Lipinski definition) is 0. The summed E-state index contributed by atoms with van der Waals surface area (Å²) in [4.78, 5) is 47.2. The van der Waals surface area contributed by atoms with Gasteiger partial charge >= 0.3 is 11.9 Å². The fourth-order valence-electron chi connectivity index (χ4n) is 3.44. The number of ether oxygens (including phenoxy) is 1. The normalized spacial score (nSPS) is 10.7. The maximum atomic E-state index is 12.9. The van der Waals surface area contributed by atoms with Crippen molar-refractivity contribution in [1.29, 1.82) is 0 Å². The van der Waals surface area contributed by atoms with Crippen LogP contribution in [-0.2, 0) is 4.74 Å². The Balaban J connectivity index is 1.84. The van der Waals surface area contributed by atoms with E-state index in [0.29, 0.717) is 10.8 Å². The van der Waals surface area contributed by atoms with E-state index in [0.717, 1.165) is 12.1 Å². The molecule has 0 unspecified atom stereocenters. The third kappa shape index (κ3) is 3.44. The molecule has 0 saturated carbocycles. The van der Waals surface area contributed by atoms with Gasteiger partial charge < -0.3 is 4.74 Å². The molecule has 31 heavy (non-hydrogen) atoms. The summed E-state index contributed by atoms with van der Waals surface area (Å²) in [7, 11) is 0. The molecule has 0 aliphatic heterocycles. The standard InChI is InChI=1S/C22H12N2O7/c25-21(19-15-7-3-1-5-13(15)9-11-17(19)23(27)28)31-22(26)20-16-8-4-2-6-14(16)10-12-18(20)24(29)30/h1-12H. The van der Waals surface area contributed by atoms with Crippen molar-refractivity contribution in [3.63, 3.8) is 0 Å². The molecule has 0 amide bonds. The first-order chi connectivity index (χ1) is 14.9. The van der Waals surface area contributed by atoms with Gasteiger partial charge in [0, 0.05) is 22.9 Å². The topological polar surface area (TPSA) is 130 Å². The van der Waals surface area contributed by atoms with Crippen molar-refractivity contribution in [1.82, 2.24) is 0 Å². The summed E-state index contributed by atoms with van der Waals surface area (Å²) in [5.41, 5.74) is -1.88. The fraction of sp³-hybridized carbons (Fsp3) is 0. The van der Waals surface area contributed by atoms with Crippen molar-refractivity contribution in [3.05, 3.63) is 104 Å². The van der Waals surface area contributed by atoms with E-state index >= 15 is 0 Å². The largest absolute Gasteiger partial charge is 0.385 e. The number of carbonyl (C=O) groups is 2. The Kier molecular flexibility index (Phi) is 4.84. The molecule has 0 fully saturated rings. The molecule has 0 heterocycles. The Morgan fingerprint density at radius 3 is 1.39 bits per heavy atom. The van der Waals surface area contributed by atoms with Crippen molar-refractivity contribution in [2.45, 2.75) is 0 Å². The molecule has 0 atom stereocenters. The molecule has 0 bridgehead atoms. The zero-order valence-electron chi connectivity index (χ0n) is 15.7. The Morgan fingerprint density at radius 2 is 1.00 bits per heavy atom. The number of carbonyl (C=O) groups excluding carboxylic acids is 2. The third-order valence-corrected chi connectivity index (χ3v) is 4.80. The van der Waals surface area contributed by atoms with Gasteiger partial charge in [0.25, 0.3) is 11.4 Å². The number of rotatable bonds is 4. The van der Waals surface area contributed by atoms with E-state index < -0.39 is 44.3 Å². The van der Waals surface area contributed by atoms with E-state index in [1.54, 1.807) is 36.4 Å². The van der Waals surface area contributed by atoms with Crippen LogP contribution < -0.4 is 0 Å². The van der Waals surface area contributed by atoms with Gasteiger partial charge in [0.1, 0.15) is 11.1 Å². The van der Waals surface area contributed by atoms with Crippen LogP contribution >= 0.6 is 0 Å². The summed E-state index contributed by atoms with van der Waals surface area (Å²) in [6.45, 7) is 0. The Morgan fingerprint density at radius 1 is 0.613 bits per heavy atom. The Hall–Kier alpha value is -4.66. The van der Waals surface area contributed by atoms with Crippen LogP contribution in [0, 0.1) is 20.2 Å². The van der Waals surface area contributed by atoms with Crippen molar-refractivity contribution in [3.8, 4) is 0 Å². The van der Waals surface area contributed by atoms with E-state index in [1.165, 1.54) is 24.3 Å². The van der Waals surface area contributed by atoms with Gasteiger partial charge in [0.15, 0.2) is 0 Å². The molecule has 0 radical (unpaired) electrons. The molecule has 0 aliphatic rings. The smallest absolute Gasteiger partial charge is 0.353 e. The minimum Gasteiger partial charge on any atom is -0.385 e. The maximum absolute atomic E-state index is 12.9. The molecule has 9 heteroatoms. The second-order valence-corrected chi connectivity index (χ2v) is 6.55. The average Bonchev–Trinajstić information content (AvgIpc) is 2.77. The second kappa shape index (κ2) is 7.64. The van der Waals surface area contributed by atoms with Gasteiger partial charge in [-0.3, -0.25) is 20.2 Å². The van der Waals surface area contributed by atoms with Gasteiger partial charge in [0.05, 0.1) is 9.85 Å². The lowest BCUT2D eigenvalue weighted by Gasteiger charge is -2.09. The second-order valence-electron chi connectivity index (χ2n) is 6.55. The van der Waals surface area contributed by atoms with Crippen LogP contribution in [0.25, 0.3) is 21.5 Å². The molecule has 0 aromatic heterocycles. The minimum atomic E-state index is -1.27. The summed E-state index contributed by atoms with van der Waals surface area (Å²) in [5, 5.41) is 24.4. The zero-order chi connectivity index (χ0) is 22.1. The maximum Gasteiger partial charge on any atom is 0.353 e. The van der Waals surface area contributed by atoms with Crippen molar-refractivity contribution < 1.29 is 24.2 Å². The third-order valence-electron chi connectivity index (χ3n) is 4.80. The molecule has 9 nitrogen and oxygen atoms in total. The SMILES string of the molecule is O=C(OC(=O)c1c([N+](=O)[O-])ccc2ccccc12)c1c([N+](=O)[O-])ccc2ccccc12. The van der Waals surface area contributed by atoms with Gasteiger partial charge in [-0.15, -0.1) is 0 Å². The molecule has 4 aromatic rings. The Bertz CT molecular complexity index is 1300. The molecular weight excluding hydrogens is 404 g/mol. The van der Waals surface area contributed by atoms with Crippen LogP contribution in [-0.4, -0.2) is 21.8 Å². The highest BCUT2D eigenvalue weighted by Gasteiger charge is 2.30. The highest BCUT2D eigenvalue weighted by atomic mass is 16.6. The van der Waals surface area contributed by atoms with Gasteiger partial charge in [-0.1, -0.05) is 48.5 Å². The Labute approximate surface area is 173 Å². The summed E-state index contributed by atoms with van der Waals surface area (Å²) in [6.07, 6.45) is 0.